The molecule has 0 saturated heterocycles. The molecule has 0 saturated carbocycles. The van der Waals surface area contributed by atoms with E-state index in [4.69, 9.17) is 16.0 Å². The van der Waals surface area contributed by atoms with Crippen LogP contribution in [0.15, 0.2) is 33.9 Å². The lowest BCUT2D eigenvalue weighted by Crippen LogP contribution is -2.36. The Kier molecular flexibility index (Phi) is 4.81. The molecule has 1 unspecified atom stereocenters. The van der Waals surface area contributed by atoms with Gasteiger partial charge in [0.25, 0.3) is 5.56 Å². The minimum absolute atomic E-state index is 0.134. The maximum absolute atomic E-state index is 12.0. The summed E-state index contributed by atoms with van der Waals surface area (Å²) in [4.78, 5) is 27.9. The third-order valence-electron chi connectivity index (χ3n) is 2.71. The quantitative estimate of drug-likeness (QED) is 0.621. The normalized spacial score (nSPS) is 12.2. The summed E-state index contributed by atoms with van der Waals surface area (Å²) < 4.78 is 6.64. The van der Waals surface area contributed by atoms with Gasteiger partial charge in [0.05, 0.1) is 19.1 Å². The van der Waals surface area contributed by atoms with Crippen LogP contribution in [0.1, 0.15) is 18.7 Å². The Bertz CT molecular complexity index is 669. The molecule has 20 heavy (non-hydrogen) atoms. The van der Waals surface area contributed by atoms with Gasteiger partial charge in [0.15, 0.2) is 0 Å². The van der Waals surface area contributed by atoms with Crippen molar-refractivity contribution in [3.8, 4) is 0 Å². The predicted molar refractivity (Wildman–Crippen MR) is 81.5 cm³/mol. The summed E-state index contributed by atoms with van der Waals surface area (Å²) in [6.45, 7) is 1.88. The van der Waals surface area contributed by atoms with Crippen molar-refractivity contribution in [2.45, 2.75) is 19.5 Å². The lowest BCUT2D eigenvalue weighted by Gasteiger charge is -2.14. The zero-order valence-corrected chi connectivity index (χ0v) is 13.4. The molecule has 2 heterocycles. The largest absolute Gasteiger partial charge is 0.467 e. The van der Waals surface area contributed by atoms with Crippen LogP contribution in [0.2, 0.25) is 5.15 Å². The van der Waals surface area contributed by atoms with E-state index >= 15 is 0 Å². The maximum Gasteiger partial charge on any atom is 0.269 e. The Labute approximate surface area is 133 Å². The molecule has 1 N–H and O–H groups in total. The van der Waals surface area contributed by atoms with Crippen LogP contribution in [0.4, 0.5) is 0 Å². The number of carbonyl (C=O) groups excluding carboxylic acids is 1. The van der Waals surface area contributed by atoms with E-state index in [1.54, 1.807) is 41.6 Å². The van der Waals surface area contributed by atoms with Gasteiger partial charge in [0.1, 0.15) is 20.5 Å². The molecule has 2 aromatic rings. The van der Waals surface area contributed by atoms with E-state index in [0.717, 1.165) is 0 Å². The Balaban J connectivity index is 2.11. The predicted octanol–water partition coefficient (Wildman–Crippen LogP) is 1.97. The van der Waals surface area contributed by atoms with Gasteiger partial charge in [0.2, 0.25) is 5.91 Å². The molecule has 106 valence electrons. The van der Waals surface area contributed by atoms with Crippen LogP contribution in [0.25, 0.3) is 0 Å². The second kappa shape index (κ2) is 6.40. The van der Waals surface area contributed by atoms with Crippen LogP contribution in [-0.4, -0.2) is 15.5 Å². The Morgan fingerprint density at radius 1 is 1.65 bits per heavy atom. The molecular formula is C12H11ClIN3O3. The number of rotatable bonds is 4. The van der Waals surface area contributed by atoms with Gasteiger partial charge in [-0.05, 0) is 41.6 Å². The second-order valence-electron chi connectivity index (χ2n) is 4.03. The molecule has 1 atom stereocenters. The summed E-state index contributed by atoms with van der Waals surface area (Å²) in [5.41, 5.74) is -0.341. The average Bonchev–Trinajstić information content (AvgIpc) is 2.95. The first kappa shape index (κ1) is 15.0. The Morgan fingerprint density at radius 3 is 3.05 bits per heavy atom. The fraction of sp³-hybridized carbons (Fsp3) is 0.250. The average molecular weight is 408 g/mol. The fourth-order valence-corrected chi connectivity index (χ4v) is 2.10. The van der Waals surface area contributed by atoms with Gasteiger partial charge >= 0.3 is 0 Å². The second-order valence-corrected chi connectivity index (χ2v) is 5.47. The van der Waals surface area contributed by atoms with Gasteiger partial charge < -0.3 is 9.73 Å². The molecule has 0 aliphatic carbocycles. The lowest BCUT2D eigenvalue weighted by atomic mass is 10.3. The Morgan fingerprint density at radius 2 is 2.40 bits per heavy atom. The van der Waals surface area contributed by atoms with Crippen LogP contribution >= 0.6 is 34.2 Å². The third-order valence-corrected chi connectivity index (χ3v) is 4.29. The standard InChI is InChI=1S/C12H11ClIN3O3/c1-7(11(18)15-5-8-3-2-4-20-8)17-6-16-10(13)9(14)12(17)19/h2-4,6-7H,5H2,1H3,(H,15,18). The maximum atomic E-state index is 12.0. The van der Waals surface area contributed by atoms with Crippen molar-refractivity contribution in [2.24, 2.45) is 0 Å². The first-order valence-corrected chi connectivity index (χ1v) is 7.18. The first-order chi connectivity index (χ1) is 9.50. The summed E-state index contributed by atoms with van der Waals surface area (Å²) in [5, 5.41) is 2.82. The number of furan rings is 1. The number of hydrogen-bond acceptors (Lipinski definition) is 4. The summed E-state index contributed by atoms with van der Waals surface area (Å²) in [7, 11) is 0. The summed E-state index contributed by atoms with van der Waals surface area (Å²) in [6, 6.07) is 2.81. The highest BCUT2D eigenvalue weighted by Crippen LogP contribution is 2.12. The molecular weight excluding hydrogens is 397 g/mol. The highest BCUT2D eigenvalue weighted by atomic mass is 127. The van der Waals surface area contributed by atoms with E-state index in [-0.39, 0.29) is 26.7 Å². The molecule has 0 aliphatic rings. The van der Waals surface area contributed by atoms with Crippen LogP contribution in [0, 0.1) is 3.57 Å². The molecule has 8 heteroatoms. The lowest BCUT2D eigenvalue weighted by molar-refractivity contribution is -0.124. The van der Waals surface area contributed by atoms with Crippen molar-refractivity contribution >= 4 is 40.1 Å². The van der Waals surface area contributed by atoms with Gasteiger partial charge in [-0.1, -0.05) is 11.6 Å². The van der Waals surface area contributed by atoms with Crippen molar-refractivity contribution in [1.29, 1.82) is 0 Å². The number of nitrogens with one attached hydrogen (secondary N) is 1. The van der Waals surface area contributed by atoms with Gasteiger partial charge in [0, 0.05) is 0 Å². The summed E-state index contributed by atoms with van der Waals surface area (Å²) in [5.74, 6) is 0.338. The van der Waals surface area contributed by atoms with E-state index in [9.17, 15) is 9.59 Å². The molecule has 0 spiro atoms. The molecule has 6 nitrogen and oxygen atoms in total. The monoisotopic (exact) mass is 407 g/mol. The minimum atomic E-state index is -0.684. The Hall–Kier alpha value is -1.35. The van der Waals surface area contributed by atoms with Crippen LogP contribution in [0.3, 0.4) is 0 Å². The van der Waals surface area contributed by atoms with Crippen molar-refractivity contribution in [2.75, 3.05) is 0 Å². The minimum Gasteiger partial charge on any atom is -0.467 e. The van der Waals surface area contributed by atoms with Gasteiger partial charge in [-0.3, -0.25) is 14.2 Å². The van der Waals surface area contributed by atoms with E-state index in [2.05, 4.69) is 10.3 Å². The van der Waals surface area contributed by atoms with Crippen molar-refractivity contribution < 1.29 is 9.21 Å². The van der Waals surface area contributed by atoms with Crippen LogP contribution < -0.4 is 10.9 Å². The zero-order chi connectivity index (χ0) is 14.7. The van der Waals surface area contributed by atoms with Crippen molar-refractivity contribution in [3.05, 3.63) is 49.6 Å². The van der Waals surface area contributed by atoms with Crippen LogP contribution in [-0.2, 0) is 11.3 Å². The van der Waals surface area contributed by atoms with Crippen molar-refractivity contribution in [1.82, 2.24) is 14.9 Å². The van der Waals surface area contributed by atoms with Crippen LogP contribution in [0.5, 0.6) is 0 Å². The zero-order valence-electron chi connectivity index (χ0n) is 10.5. The number of amides is 1. The number of nitrogens with zero attached hydrogens (tertiary/aromatic N) is 2. The van der Waals surface area contributed by atoms with Gasteiger partial charge in [-0.2, -0.15) is 0 Å². The van der Waals surface area contributed by atoms with Crippen molar-refractivity contribution in [3.63, 3.8) is 0 Å². The number of carbonyl (C=O) groups is 1. The SMILES string of the molecule is CC(C(=O)NCc1ccco1)n1cnc(Cl)c(I)c1=O. The molecule has 0 radical (unpaired) electrons. The smallest absolute Gasteiger partial charge is 0.269 e. The van der Waals surface area contributed by atoms with E-state index in [0.29, 0.717) is 5.76 Å². The van der Waals surface area contributed by atoms with E-state index in [1.165, 1.54) is 17.2 Å². The molecule has 2 aromatic heterocycles. The molecule has 0 fully saturated rings. The van der Waals surface area contributed by atoms with Gasteiger partial charge in [-0.25, -0.2) is 4.98 Å². The first-order valence-electron chi connectivity index (χ1n) is 5.73. The molecule has 1 amide bonds. The summed E-state index contributed by atoms with van der Waals surface area (Å²) >= 11 is 7.56. The number of aromatic nitrogens is 2. The highest BCUT2D eigenvalue weighted by molar-refractivity contribution is 14.1. The fourth-order valence-electron chi connectivity index (χ4n) is 1.56. The molecule has 0 aliphatic heterocycles. The number of hydrogen-bond donors (Lipinski definition) is 1. The van der Waals surface area contributed by atoms with E-state index < -0.39 is 6.04 Å². The molecule has 2 rings (SSSR count). The van der Waals surface area contributed by atoms with Gasteiger partial charge in [-0.15, -0.1) is 0 Å². The third kappa shape index (κ3) is 3.21. The highest BCUT2D eigenvalue weighted by Gasteiger charge is 2.18. The molecule has 0 aromatic carbocycles. The van der Waals surface area contributed by atoms with E-state index in [1.807, 2.05) is 0 Å². The molecule has 0 bridgehead atoms. The topological polar surface area (TPSA) is 77.1 Å². The summed E-state index contributed by atoms with van der Waals surface area (Å²) in [6.07, 6.45) is 2.80. The number of halogens is 2.